The largest absolute Gasteiger partial charge is 0.353 e. The van der Waals surface area contributed by atoms with Crippen LogP contribution in [0.5, 0.6) is 0 Å². The van der Waals surface area contributed by atoms with E-state index < -0.39 is 12.3 Å². The molecule has 3 atom stereocenters. The molecule has 2 saturated heterocycles. The molecule has 1 amide bonds. The van der Waals surface area contributed by atoms with Gasteiger partial charge in [0.05, 0.1) is 12.5 Å². The monoisotopic (exact) mass is 503 g/mol. The average molecular weight is 504 g/mol. The first-order valence-corrected chi connectivity index (χ1v) is 13.0. The molecule has 0 spiro atoms. The molecular formula is C26H32ClF2N5O. The van der Waals surface area contributed by atoms with Crippen molar-refractivity contribution in [2.24, 2.45) is 0 Å². The Balaban J connectivity index is 1.34. The molecule has 1 aliphatic carbocycles. The topological polar surface area (TPSA) is 52.6 Å². The molecule has 2 aliphatic heterocycles. The number of anilines is 1. The molecular weight excluding hydrogens is 472 g/mol. The lowest BCUT2D eigenvalue weighted by Gasteiger charge is -2.40. The summed E-state index contributed by atoms with van der Waals surface area (Å²) in [6.07, 6.45) is 2.87. The van der Waals surface area contributed by atoms with Gasteiger partial charge in [0.1, 0.15) is 12.1 Å². The molecule has 3 aliphatic rings. The van der Waals surface area contributed by atoms with Crippen LogP contribution in [0, 0.1) is 0 Å². The molecule has 9 heteroatoms. The molecule has 3 heterocycles. The molecule has 6 nitrogen and oxygen atoms in total. The van der Waals surface area contributed by atoms with Crippen molar-refractivity contribution in [3.8, 4) is 0 Å². The molecule has 0 unspecified atom stereocenters. The van der Waals surface area contributed by atoms with Gasteiger partial charge in [0.25, 0.3) is 6.43 Å². The number of piperazine rings is 1. The van der Waals surface area contributed by atoms with E-state index in [9.17, 15) is 13.6 Å². The first-order valence-electron chi connectivity index (χ1n) is 12.6. The maximum absolute atomic E-state index is 13.9. The second-order valence-electron chi connectivity index (χ2n) is 9.93. The van der Waals surface area contributed by atoms with Gasteiger partial charge in [0.15, 0.2) is 0 Å². The van der Waals surface area contributed by atoms with Gasteiger partial charge in [-0.3, -0.25) is 9.69 Å². The number of likely N-dealkylation sites (tertiary alicyclic amines) is 1. The van der Waals surface area contributed by atoms with E-state index in [1.807, 2.05) is 17.0 Å². The van der Waals surface area contributed by atoms with Crippen molar-refractivity contribution in [3.63, 3.8) is 0 Å². The Labute approximate surface area is 210 Å². The Morgan fingerprint density at radius 2 is 1.83 bits per heavy atom. The van der Waals surface area contributed by atoms with E-state index in [0.717, 1.165) is 42.8 Å². The van der Waals surface area contributed by atoms with Crippen molar-refractivity contribution in [3.05, 3.63) is 52.4 Å². The highest BCUT2D eigenvalue weighted by molar-refractivity contribution is 6.30. The summed E-state index contributed by atoms with van der Waals surface area (Å²) in [5, 5.41) is 0.594. The van der Waals surface area contributed by atoms with E-state index in [-0.39, 0.29) is 18.5 Å². The molecule has 0 bridgehead atoms. The Bertz CT molecular complexity index is 1040. The predicted octanol–water partition coefficient (Wildman–Crippen LogP) is 4.34. The molecule has 2 fully saturated rings. The quantitative estimate of drug-likeness (QED) is 0.587. The molecule has 1 aromatic carbocycles. The van der Waals surface area contributed by atoms with Crippen molar-refractivity contribution in [2.45, 2.75) is 56.9 Å². The van der Waals surface area contributed by atoms with Gasteiger partial charge in [-0.2, -0.15) is 0 Å². The Hall–Kier alpha value is -2.32. The van der Waals surface area contributed by atoms with Crippen LogP contribution in [-0.2, 0) is 11.2 Å². The number of benzene rings is 1. The molecule has 5 rings (SSSR count). The number of carbonyl (C=O) groups excluding carboxylic acids is 1. The fraction of sp³-hybridized carbons (Fsp3) is 0.577. The molecule has 2 aromatic rings. The number of nitrogens with zero attached hydrogens (tertiary/aromatic N) is 5. The zero-order valence-corrected chi connectivity index (χ0v) is 20.8. The van der Waals surface area contributed by atoms with Crippen LogP contribution in [0.4, 0.5) is 14.6 Å². The van der Waals surface area contributed by atoms with E-state index >= 15 is 0 Å². The maximum atomic E-state index is 13.9. The number of rotatable bonds is 6. The van der Waals surface area contributed by atoms with Gasteiger partial charge in [-0.05, 0) is 55.8 Å². The number of fused-ring (bicyclic) bond motifs is 1. The number of hydrogen-bond donors (Lipinski definition) is 0. The summed E-state index contributed by atoms with van der Waals surface area (Å²) in [5.74, 6) is 0.974. The normalized spacial score (nSPS) is 23.7. The lowest BCUT2D eigenvalue weighted by Crippen LogP contribution is -2.53. The van der Waals surface area contributed by atoms with Gasteiger partial charge in [0.2, 0.25) is 5.91 Å². The minimum atomic E-state index is -2.42. The fourth-order valence-electron chi connectivity index (χ4n) is 6.04. The number of aryl methyl sites for hydroxylation is 1. The molecule has 188 valence electrons. The highest BCUT2D eigenvalue weighted by atomic mass is 35.5. The Morgan fingerprint density at radius 3 is 2.54 bits per heavy atom. The summed E-state index contributed by atoms with van der Waals surface area (Å²) in [6, 6.07) is 7.05. The van der Waals surface area contributed by atoms with Crippen LogP contribution in [-0.4, -0.2) is 77.4 Å². The third-order valence-corrected chi connectivity index (χ3v) is 8.06. The third kappa shape index (κ3) is 5.00. The molecule has 0 saturated carbocycles. The van der Waals surface area contributed by atoms with Crippen molar-refractivity contribution in [2.75, 3.05) is 44.2 Å². The summed E-state index contributed by atoms with van der Waals surface area (Å²) in [6.45, 7) is 5.07. The van der Waals surface area contributed by atoms with Crippen LogP contribution in [0.15, 0.2) is 30.6 Å². The van der Waals surface area contributed by atoms with Crippen molar-refractivity contribution in [1.29, 1.82) is 0 Å². The summed E-state index contributed by atoms with van der Waals surface area (Å²) in [5.41, 5.74) is 3.24. The van der Waals surface area contributed by atoms with Crippen LogP contribution in [0.1, 0.15) is 54.8 Å². The first-order chi connectivity index (χ1) is 16.9. The van der Waals surface area contributed by atoms with Crippen LogP contribution >= 0.6 is 11.6 Å². The van der Waals surface area contributed by atoms with Crippen LogP contribution in [0.25, 0.3) is 0 Å². The van der Waals surface area contributed by atoms with Gasteiger partial charge >= 0.3 is 0 Å². The smallest absolute Gasteiger partial charge is 0.251 e. The highest BCUT2D eigenvalue weighted by Crippen LogP contribution is 2.38. The predicted molar refractivity (Wildman–Crippen MR) is 132 cm³/mol. The number of alkyl halides is 2. The van der Waals surface area contributed by atoms with Gasteiger partial charge < -0.3 is 9.80 Å². The number of amides is 1. The molecule has 0 N–H and O–H groups in total. The summed E-state index contributed by atoms with van der Waals surface area (Å²) in [7, 11) is 0. The van der Waals surface area contributed by atoms with Crippen LogP contribution in [0.3, 0.4) is 0 Å². The van der Waals surface area contributed by atoms with E-state index in [0.29, 0.717) is 43.7 Å². The first kappa shape index (κ1) is 24.4. The van der Waals surface area contributed by atoms with Gasteiger partial charge in [-0.15, -0.1) is 0 Å². The minimum Gasteiger partial charge on any atom is -0.353 e. The second kappa shape index (κ2) is 10.3. The SMILES string of the molecule is C[C@@H]1CCc2ncnc(N3CCN(C(=O)[C@@H](c4ccc(Cl)cc4)[C@@H]4CCCN4CC(F)F)CC3)c21. The summed E-state index contributed by atoms with van der Waals surface area (Å²) < 4.78 is 26.6. The van der Waals surface area contributed by atoms with E-state index in [4.69, 9.17) is 11.6 Å². The lowest BCUT2D eigenvalue weighted by atomic mass is 9.88. The van der Waals surface area contributed by atoms with Gasteiger partial charge in [-0.1, -0.05) is 30.7 Å². The Kier molecular flexibility index (Phi) is 7.21. The highest BCUT2D eigenvalue weighted by Gasteiger charge is 2.40. The van der Waals surface area contributed by atoms with Gasteiger partial charge in [0, 0.05) is 48.5 Å². The molecule has 35 heavy (non-hydrogen) atoms. The van der Waals surface area contributed by atoms with Crippen LogP contribution < -0.4 is 4.90 Å². The maximum Gasteiger partial charge on any atom is 0.251 e. The fourth-order valence-corrected chi connectivity index (χ4v) is 6.17. The van der Waals surface area contributed by atoms with Crippen molar-refractivity contribution >= 4 is 23.3 Å². The van der Waals surface area contributed by atoms with E-state index in [1.54, 1.807) is 23.4 Å². The zero-order chi connectivity index (χ0) is 24.5. The van der Waals surface area contributed by atoms with Crippen molar-refractivity contribution < 1.29 is 13.6 Å². The van der Waals surface area contributed by atoms with Crippen LogP contribution in [0.2, 0.25) is 5.02 Å². The standard InChI is InChI=1S/C26H32ClF2N5O/c1-17-4-9-20-23(17)25(31-16-30-20)32-11-13-33(14-12-32)26(35)24(18-5-7-19(27)8-6-18)21-3-2-10-34(21)15-22(28)29/h5-8,16-17,21-22,24H,2-4,9-15H2,1H3/t17-,21+,24+/m1/s1. The van der Waals surface area contributed by atoms with Crippen molar-refractivity contribution in [1.82, 2.24) is 19.8 Å². The number of aromatic nitrogens is 2. The molecule has 0 radical (unpaired) electrons. The second-order valence-corrected chi connectivity index (χ2v) is 10.4. The zero-order valence-electron chi connectivity index (χ0n) is 20.0. The molecule has 1 aromatic heterocycles. The van der Waals surface area contributed by atoms with Gasteiger partial charge in [-0.25, -0.2) is 18.7 Å². The summed E-state index contributed by atoms with van der Waals surface area (Å²) in [4.78, 5) is 29.0. The Morgan fingerprint density at radius 1 is 1.09 bits per heavy atom. The minimum absolute atomic E-state index is 0.0134. The average Bonchev–Trinajstić information content (AvgIpc) is 3.46. The van der Waals surface area contributed by atoms with E-state index in [1.165, 1.54) is 5.56 Å². The lowest BCUT2D eigenvalue weighted by molar-refractivity contribution is -0.134. The number of halogens is 3. The number of hydrogen-bond acceptors (Lipinski definition) is 5. The third-order valence-electron chi connectivity index (χ3n) is 7.81. The number of carbonyl (C=O) groups is 1. The van der Waals surface area contributed by atoms with E-state index in [2.05, 4.69) is 21.8 Å². The summed E-state index contributed by atoms with van der Waals surface area (Å²) >= 11 is 6.11.